The molecule has 0 aromatic heterocycles. The Labute approximate surface area is 178 Å². The molecule has 1 amide bonds. The normalized spacial score (nSPS) is 16.0. The predicted octanol–water partition coefficient (Wildman–Crippen LogP) is 5.65. The number of nitrogens with zero attached hydrogens (tertiary/aromatic N) is 2. The molecule has 1 atom stereocenters. The first-order chi connectivity index (χ1) is 13.4. The number of thioether (sulfide) groups is 1. The van der Waals surface area contributed by atoms with Gasteiger partial charge in [-0.1, -0.05) is 48.0 Å². The second-order valence-corrected chi connectivity index (χ2v) is 8.56. The highest BCUT2D eigenvalue weighted by Crippen LogP contribution is 2.31. The third kappa shape index (κ3) is 4.59. The van der Waals surface area contributed by atoms with E-state index in [-0.39, 0.29) is 18.1 Å². The van der Waals surface area contributed by atoms with E-state index in [4.69, 9.17) is 23.2 Å². The van der Waals surface area contributed by atoms with Crippen molar-refractivity contribution in [2.24, 2.45) is 4.99 Å². The quantitative estimate of drug-likeness (QED) is 0.570. The van der Waals surface area contributed by atoms with E-state index in [9.17, 15) is 9.59 Å². The zero-order chi connectivity index (χ0) is 20.3. The third-order valence-electron chi connectivity index (χ3n) is 4.52. The molecule has 4 nitrogen and oxygen atoms in total. The first-order valence-electron chi connectivity index (χ1n) is 8.98. The van der Waals surface area contributed by atoms with Crippen molar-refractivity contribution in [3.05, 3.63) is 63.6 Å². The second kappa shape index (κ2) is 9.12. The van der Waals surface area contributed by atoms with E-state index in [1.807, 2.05) is 0 Å². The number of hydrogen-bond donors (Lipinski definition) is 0. The fraction of sp³-hybridized carbons (Fsp3) is 0.286. The van der Waals surface area contributed by atoms with Crippen LogP contribution in [0.2, 0.25) is 10.0 Å². The van der Waals surface area contributed by atoms with Crippen molar-refractivity contribution in [2.75, 3.05) is 11.4 Å². The van der Waals surface area contributed by atoms with Crippen LogP contribution in [0, 0.1) is 0 Å². The Hall–Kier alpha value is -1.82. The summed E-state index contributed by atoms with van der Waals surface area (Å²) in [6.45, 7) is 4.30. The number of hydrogen-bond acceptors (Lipinski definition) is 4. The molecule has 2 aromatic rings. The molecular formula is C21H20Cl2N2O2S. The predicted molar refractivity (Wildman–Crippen MR) is 118 cm³/mol. The van der Waals surface area contributed by atoms with Crippen LogP contribution in [0.1, 0.15) is 36.2 Å². The minimum Gasteiger partial charge on any atom is -0.295 e. The maximum absolute atomic E-state index is 13.3. The number of amides is 1. The van der Waals surface area contributed by atoms with Crippen LogP contribution < -0.4 is 4.90 Å². The van der Waals surface area contributed by atoms with Crippen molar-refractivity contribution < 1.29 is 9.59 Å². The average molecular weight is 435 g/mol. The molecule has 1 aliphatic heterocycles. The van der Waals surface area contributed by atoms with Gasteiger partial charge in [0.15, 0.2) is 11.0 Å². The molecule has 146 valence electrons. The summed E-state index contributed by atoms with van der Waals surface area (Å²) >= 11 is 14.1. The van der Waals surface area contributed by atoms with E-state index < -0.39 is 0 Å². The van der Waals surface area contributed by atoms with Gasteiger partial charge >= 0.3 is 0 Å². The van der Waals surface area contributed by atoms with Crippen molar-refractivity contribution in [3.63, 3.8) is 0 Å². The molecule has 0 bridgehead atoms. The Morgan fingerprint density at radius 1 is 1.14 bits per heavy atom. The van der Waals surface area contributed by atoms with Crippen LogP contribution in [0.5, 0.6) is 0 Å². The maximum Gasteiger partial charge on any atom is 0.237 e. The van der Waals surface area contributed by atoms with Gasteiger partial charge < -0.3 is 0 Å². The van der Waals surface area contributed by atoms with Crippen molar-refractivity contribution in [2.45, 2.75) is 31.9 Å². The Bertz CT molecular complexity index is 908. The van der Waals surface area contributed by atoms with Crippen LogP contribution in [0.4, 0.5) is 5.69 Å². The molecule has 0 N–H and O–H groups in total. The molecule has 0 fully saturated rings. The number of benzene rings is 2. The largest absolute Gasteiger partial charge is 0.295 e. The molecule has 0 saturated carbocycles. The highest BCUT2D eigenvalue weighted by atomic mass is 35.5. The Morgan fingerprint density at radius 3 is 2.32 bits per heavy atom. The van der Waals surface area contributed by atoms with Gasteiger partial charge in [-0.2, -0.15) is 0 Å². The molecule has 0 aliphatic carbocycles. The molecule has 28 heavy (non-hydrogen) atoms. The standard InChI is InChI=1S/C21H20Cl2N2O2S/c1-3-16-12-24-21(28-16)25(15-9-7-14(8-10-15)13(2)26)20(27)11-17-18(22)5-4-6-19(17)23/h4-10,16H,3,11-12H2,1-2H3/t16-/m0/s1. The van der Waals surface area contributed by atoms with Crippen LogP contribution in [0.15, 0.2) is 47.5 Å². The summed E-state index contributed by atoms with van der Waals surface area (Å²) in [7, 11) is 0. The molecule has 7 heteroatoms. The molecule has 0 saturated heterocycles. The first kappa shape index (κ1) is 20.9. The van der Waals surface area contributed by atoms with Crippen LogP contribution in [-0.2, 0) is 11.2 Å². The number of carbonyl (C=O) groups excluding carboxylic acids is 2. The van der Waals surface area contributed by atoms with E-state index in [0.717, 1.165) is 6.42 Å². The zero-order valence-corrected chi connectivity index (χ0v) is 17.9. The van der Waals surface area contributed by atoms with Gasteiger partial charge in [0, 0.05) is 20.9 Å². The number of aliphatic imine (C=N–C) groups is 1. The summed E-state index contributed by atoms with van der Waals surface area (Å²) in [5.74, 6) is -0.195. The maximum atomic E-state index is 13.3. The lowest BCUT2D eigenvalue weighted by atomic mass is 10.1. The summed E-state index contributed by atoms with van der Waals surface area (Å²) in [6, 6.07) is 12.2. The number of Topliss-reactive ketones (excluding diaryl/α,β-unsaturated/α-hetero) is 1. The molecule has 3 rings (SSSR count). The van der Waals surface area contributed by atoms with Crippen molar-refractivity contribution in [1.82, 2.24) is 0 Å². The van der Waals surface area contributed by atoms with Gasteiger partial charge in [0.1, 0.15) is 0 Å². The van der Waals surface area contributed by atoms with Gasteiger partial charge in [0.2, 0.25) is 5.91 Å². The Balaban J connectivity index is 1.94. The minimum atomic E-state index is -0.173. The lowest BCUT2D eigenvalue weighted by Crippen LogP contribution is -2.36. The first-order valence-corrected chi connectivity index (χ1v) is 10.6. The van der Waals surface area contributed by atoms with Crippen LogP contribution in [0.25, 0.3) is 0 Å². The zero-order valence-electron chi connectivity index (χ0n) is 15.6. The molecule has 0 radical (unpaired) electrons. The van der Waals surface area contributed by atoms with Crippen molar-refractivity contribution in [1.29, 1.82) is 0 Å². The fourth-order valence-corrected chi connectivity index (χ4v) is 4.48. The summed E-state index contributed by atoms with van der Waals surface area (Å²) in [5.41, 5.74) is 1.86. The van der Waals surface area contributed by atoms with E-state index in [0.29, 0.717) is 43.8 Å². The van der Waals surface area contributed by atoms with Gasteiger partial charge in [-0.3, -0.25) is 19.5 Å². The summed E-state index contributed by atoms with van der Waals surface area (Å²) in [6.07, 6.45) is 1.03. The number of amidine groups is 1. The Morgan fingerprint density at radius 2 is 1.79 bits per heavy atom. The number of ketones is 1. The second-order valence-electron chi connectivity index (χ2n) is 6.48. The Kier molecular flexibility index (Phi) is 6.81. The van der Waals surface area contributed by atoms with E-state index in [1.54, 1.807) is 59.1 Å². The van der Waals surface area contributed by atoms with Gasteiger partial charge in [0.05, 0.1) is 18.7 Å². The summed E-state index contributed by atoms with van der Waals surface area (Å²) in [5, 5.41) is 1.93. The molecule has 0 unspecified atom stereocenters. The summed E-state index contributed by atoms with van der Waals surface area (Å²) < 4.78 is 0. The number of anilines is 1. The highest BCUT2D eigenvalue weighted by Gasteiger charge is 2.29. The monoisotopic (exact) mass is 434 g/mol. The number of carbonyl (C=O) groups is 2. The smallest absolute Gasteiger partial charge is 0.237 e. The van der Waals surface area contributed by atoms with E-state index >= 15 is 0 Å². The lowest BCUT2D eigenvalue weighted by Gasteiger charge is -2.23. The van der Waals surface area contributed by atoms with Gasteiger partial charge in [-0.25, -0.2) is 0 Å². The van der Waals surface area contributed by atoms with Crippen LogP contribution in [0.3, 0.4) is 0 Å². The average Bonchev–Trinajstić information content (AvgIpc) is 3.14. The fourth-order valence-electron chi connectivity index (χ4n) is 2.88. The van der Waals surface area contributed by atoms with E-state index in [2.05, 4.69) is 11.9 Å². The van der Waals surface area contributed by atoms with Gasteiger partial charge in [-0.05, 0) is 55.3 Å². The van der Waals surface area contributed by atoms with Gasteiger partial charge in [0.25, 0.3) is 0 Å². The molecule has 1 aliphatic rings. The minimum absolute atomic E-state index is 0.0223. The van der Waals surface area contributed by atoms with Gasteiger partial charge in [-0.15, -0.1) is 0 Å². The molecule has 1 heterocycles. The van der Waals surface area contributed by atoms with Crippen LogP contribution >= 0.6 is 35.0 Å². The highest BCUT2D eigenvalue weighted by molar-refractivity contribution is 8.15. The van der Waals surface area contributed by atoms with E-state index in [1.165, 1.54) is 6.92 Å². The number of halogens is 2. The SMILES string of the molecule is CC[C@H]1CN=C(N(C(=O)Cc2c(Cl)cccc2Cl)c2ccc(C(C)=O)cc2)S1. The van der Waals surface area contributed by atoms with Crippen molar-refractivity contribution in [3.8, 4) is 0 Å². The topological polar surface area (TPSA) is 49.7 Å². The number of rotatable bonds is 5. The van der Waals surface area contributed by atoms with Crippen LogP contribution in [-0.4, -0.2) is 28.7 Å². The van der Waals surface area contributed by atoms with Crippen molar-refractivity contribution >= 4 is 57.5 Å². The third-order valence-corrected chi connectivity index (χ3v) is 6.57. The molecule has 0 spiro atoms. The molecule has 2 aromatic carbocycles. The molecular weight excluding hydrogens is 415 g/mol. The summed E-state index contributed by atoms with van der Waals surface area (Å²) in [4.78, 5) is 31.0. The lowest BCUT2D eigenvalue weighted by molar-refractivity contribution is -0.117.